The van der Waals surface area contributed by atoms with Crippen LogP contribution in [0.1, 0.15) is 24.8 Å². The molecule has 1 aromatic rings. The van der Waals surface area contributed by atoms with E-state index in [1.807, 2.05) is 6.92 Å². The van der Waals surface area contributed by atoms with E-state index in [1.54, 1.807) is 7.11 Å². The molecular weight excluding hydrogens is 268 g/mol. The summed E-state index contributed by atoms with van der Waals surface area (Å²) in [6, 6.07) is 2.89. The Bertz CT molecular complexity index is 472. The third kappa shape index (κ3) is 2.82. The lowest BCUT2D eigenvalue weighted by atomic mass is 9.80. The topological polar surface area (TPSA) is 64.4 Å². The van der Waals surface area contributed by atoms with Crippen LogP contribution in [0.25, 0.3) is 0 Å². The molecule has 1 aliphatic carbocycles. The van der Waals surface area contributed by atoms with E-state index in [0.29, 0.717) is 11.6 Å². The zero-order valence-electron chi connectivity index (χ0n) is 11.0. The van der Waals surface area contributed by atoms with Gasteiger partial charge >= 0.3 is 0 Å². The van der Waals surface area contributed by atoms with Gasteiger partial charge in [-0.05, 0) is 31.7 Å². The van der Waals surface area contributed by atoms with Crippen molar-refractivity contribution >= 4 is 23.0 Å². The van der Waals surface area contributed by atoms with E-state index in [1.165, 1.54) is 18.6 Å². The number of anilines is 1. The van der Waals surface area contributed by atoms with E-state index in [0.717, 1.165) is 24.1 Å². The number of hydrogen-bond acceptors (Lipinski definition) is 4. The van der Waals surface area contributed by atoms with Crippen LogP contribution in [0.2, 0.25) is 5.02 Å². The average Bonchev–Trinajstić information content (AvgIpc) is 2.30. The summed E-state index contributed by atoms with van der Waals surface area (Å²) in [5, 5.41) is 14.4. The molecule has 1 saturated carbocycles. The van der Waals surface area contributed by atoms with E-state index in [9.17, 15) is 10.1 Å². The Morgan fingerprint density at radius 2 is 2.21 bits per heavy atom. The number of nitrogens with one attached hydrogen (secondary N) is 1. The fourth-order valence-electron chi connectivity index (χ4n) is 2.33. The van der Waals surface area contributed by atoms with Crippen molar-refractivity contribution in [3.05, 3.63) is 32.8 Å². The summed E-state index contributed by atoms with van der Waals surface area (Å²) in [5.74, 6) is 0. The second kappa shape index (κ2) is 5.35. The number of nitro groups is 1. The summed E-state index contributed by atoms with van der Waals surface area (Å²) in [6.07, 6.45) is 3.22. The SMILES string of the molecule is COC1(CNc2c(C)cc([N+](=O)[O-])cc2Cl)CCC1. The number of methoxy groups -OCH3 is 1. The lowest BCUT2D eigenvalue weighted by molar-refractivity contribution is -0.384. The van der Waals surface area contributed by atoms with Crippen molar-refractivity contribution < 1.29 is 9.66 Å². The van der Waals surface area contributed by atoms with Gasteiger partial charge in [0.2, 0.25) is 0 Å². The summed E-state index contributed by atoms with van der Waals surface area (Å²) in [4.78, 5) is 10.3. The van der Waals surface area contributed by atoms with Crippen LogP contribution in [0.3, 0.4) is 0 Å². The van der Waals surface area contributed by atoms with Crippen molar-refractivity contribution in [2.24, 2.45) is 0 Å². The highest BCUT2D eigenvalue weighted by Crippen LogP contribution is 2.37. The summed E-state index contributed by atoms with van der Waals surface area (Å²) in [7, 11) is 1.71. The molecule has 0 aliphatic heterocycles. The molecule has 1 fully saturated rings. The minimum Gasteiger partial charge on any atom is -0.381 e. The number of non-ortho nitro benzene ring substituents is 1. The monoisotopic (exact) mass is 284 g/mol. The van der Waals surface area contributed by atoms with Gasteiger partial charge in [0, 0.05) is 25.8 Å². The van der Waals surface area contributed by atoms with E-state index >= 15 is 0 Å². The molecule has 0 spiro atoms. The van der Waals surface area contributed by atoms with Crippen molar-refractivity contribution in [1.82, 2.24) is 0 Å². The number of benzene rings is 1. The highest BCUT2D eigenvalue weighted by Gasteiger charge is 2.36. The predicted octanol–water partition coefficient (Wildman–Crippen LogP) is 3.54. The maximum Gasteiger partial charge on any atom is 0.271 e. The lowest BCUT2D eigenvalue weighted by Gasteiger charge is -2.41. The van der Waals surface area contributed by atoms with E-state index < -0.39 is 4.92 Å². The van der Waals surface area contributed by atoms with Crippen LogP contribution in [0, 0.1) is 17.0 Å². The van der Waals surface area contributed by atoms with Crippen LogP contribution >= 0.6 is 11.6 Å². The normalized spacial score (nSPS) is 16.8. The molecular formula is C13H17ClN2O3. The third-order valence-electron chi connectivity index (χ3n) is 3.77. The van der Waals surface area contributed by atoms with Crippen LogP contribution in [0.5, 0.6) is 0 Å². The van der Waals surface area contributed by atoms with Gasteiger partial charge in [0.15, 0.2) is 0 Å². The standard InChI is InChI=1S/C13H17ClN2O3/c1-9-6-10(16(17)18)7-11(14)12(9)15-8-13(19-2)4-3-5-13/h6-7,15H,3-5,8H2,1-2H3. The zero-order chi connectivity index (χ0) is 14.0. The molecule has 0 saturated heterocycles. The molecule has 0 bridgehead atoms. The Morgan fingerprint density at radius 1 is 1.53 bits per heavy atom. The highest BCUT2D eigenvalue weighted by atomic mass is 35.5. The molecule has 104 valence electrons. The molecule has 1 N–H and O–H groups in total. The molecule has 0 amide bonds. The quantitative estimate of drug-likeness (QED) is 0.663. The number of aryl methyl sites for hydroxylation is 1. The first-order valence-electron chi connectivity index (χ1n) is 6.21. The number of hydrogen-bond donors (Lipinski definition) is 1. The Hall–Kier alpha value is -1.33. The highest BCUT2D eigenvalue weighted by molar-refractivity contribution is 6.33. The molecule has 1 aromatic carbocycles. The Kier molecular flexibility index (Phi) is 3.96. The molecule has 1 aliphatic rings. The second-order valence-corrected chi connectivity index (χ2v) is 5.38. The largest absolute Gasteiger partial charge is 0.381 e. The van der Waals surface area contributed by atoms with E-state index in [2.05, 4.69) is 5.32 Å². The number of halogens is 1. The molecule has 0 aromatic heterocycles. The van der Waals surface area contributed by atoms with Gasteiger partial charge in [-0.3, -0.25) is 10.1 Å². The van der Waals surface area contributed by atoms with Crippen molar-refractivity contribution in [2.45, 2.75) is 31.8 Å². The van der Waals surface area contributed by atoms with Crippen molar-refractivity contribution in [3.8, 4) is 0 Å². The maximum absolute atomic E-state index is 10.7. The third-order valence-corrected chi connectivity index (χ3v) is 4.07. The van der Waals surface area contributed by atoms with Crippen molar-refractivity contribution in [2.75, 3.05) is 19.0 Å². The first-order valence-corrected chi connectivity index (χ1v) is 6.59. The molecule has 6 heteroatoms. The minimum atomic E-state index is -0.439. The Balaban J connectivity index is 2.14. The van der Waals surface area contributed by atoms with Gasteiger partial charge in [0.05, 0.1) is 21.2 Å². The van der Waals surface area contributed by atoms with Gasteiger partial charge in [0.1, 0.15) is 0 Å². The van der Waals surface area contributed by atoms with Crippen molar-refractivity contribution in [1.29, 1.82) is 0 Å². The lowest BCUT2D eigenvalue weighted by Crippen LogP contribution is -2.45. The van der Waals surface area contributed by atoms with Gasteiger partial charge in [-0.25, -0.2) is 0 Å². The number of nitrogens with zero attached hydrogens (tertiary/aromatic N) is 1. The fraction of sp³-hybridized carbons (Fsp3) is 0.538. The minimum absolute atomic E-state index is 0.0122. The Labute approximate surface area is 117 Å². The van der Waals surface area contributed by atoms with Gasteiger partial charge in [-0.1, -0.05) is 11.6 Å². The van der Waals surface area contributed by atoms with E-state index in [-0.39, 0.29) is 11.3 Å². The van der Waals surface area contributed by atoms with Crippen molar-refractivity contribution in [3.63, 3.8) is 0 Å². The molecule has 2 rings (SSSR count). The molecule has 0 heterocycles. The molecule has 0 atom stereocenters. The maximum atomic E-state index is 10.7. The summed E-state index contributed by atoms with van der Waals surface area (Å²) >= 11 is 6.10. The number of nitro benzene ring substituents is 1. The zero-order valence-corrected chi connectivity index (χ0v) is 11.8. The second-order valence-electron chi connectivity index (χ2n) is 4.97. The summed E-state index contributed by atoms with van der Waals surface area (Å²) in [6.45, 7) is 2.48. The van der Waals surface area contributed by atoms with Gasteiger partial charge < -0.3 is 10.1 Å². The first-order chi connectivity index (χ1) is 8.97. The van der Waals surface area contributed by atoms with E-state index in [4.69, 9.17) is 16.3 Å². The first kappa shape index (κ1) is 14.1. The summed E-state index contributed by atoms with van der Waals surface area (Å²) in [5.41, 5.74) is 1.41. The van der Waals surface area contributed by atoms with Crippen LogP contribution < -0.4 is 5.32 Å². The van der Waals surface area contributed by atoms with Crippen LogP contribution in [-0.2, 0) is 4.74 Å². The van der Waals surface area contributed by atoms with Gasteiger partial charge in [-0.2, -0.15) is 0 Å². The Morgan fingerprint density at radius 3 is 2.63 bits per heavy atom. The fourth-order valence-corrected chi connectivity index (χ4v) is 2.66. The molecule has 0 unspecified atom stereocenters. The molecule has 19 heavy (non-hydrogen) atoms. The average molecular weight is 285 g/mol. The smallest absolute Gasteiger partial charge is 0.271 e. The number of rotatable bonds is 5. The van der Waals surface area contributed by atoms with Gasteiger partial charge in [0.25, 0.3) is 5.69 Å². The number of ether oxygens (including phenoxy) is 1. The predicted molar refractivity (Wildman–Crippen MR) is 74.9 cm³/mol. The van der Waals surface area contributed by atoms with Crippen LogP contribution in [0.15, 0.2) is 12.1 Å². The van der Waals surface area contributed by atoms with Crippen LogP contribution in [0.4, 0.5) is 11.4 Å². The molecule has 0 radical (unpaired) electrons. The molecule has 5 nitrogen and oxygen atoms in total. The summed E-state index contributed by atoms with van der Waals surface area (Å²) < 4.78 is 5.52. The van der Waals surface area contributed by atoms with Crippen LogP contribution in [-0.4, -0.2) is 24.2 Å². The van der Waals surface area contributed by atoms with Gasteiger partial charge in [-0.15, -0.1) is 0 Å².